The highest BCUT2D eigenvalue weighted by Crippen LogP contribution is 3.02. The molecule has 0 bridgehead atoms. The molecule has 3 aromatic carbocycles. The third-order valence-electron chi connectivity index (χ3n) is 13.9. The number of anilines is 2. The molecule has 1 unspecified atom stereocenters. The van der Waals surface area contributed by atoms with Gasteiger partial charge in [0.2, 0.25) is 11.8 Å². The first-order chi connectivity index (χ1) is 29.9. The van der Waals surface area contributed by atoms with Gasteiger partial charge in [-0.15, -0.1) is 0 Å². The number of rotatable bonds is 10. The SMILES string of the molecule is CC(C)(O)c1cc2nn([C@H]3CC[C@H](CN4CCC5(CC4)CC(Nc4cccc6c4C(=O)N(C4CCC(=O)NC4=O)C6=O)C5)CC3)cc2cc1NC(=O)c1cccc(S(F)(F)(F)(F)F)c1. The minimum atomic E-state index is -10.0. The van der Waals surface area contributed by atoms with Crippen LogP contribution in [0.25, 0.3) is 10.9 Å². The highest BCUT2D eigenvalue weighted by Gasteiger charge is 2.65. The fraction of sp³-hybridized carbons (Fsp3) is 0.467. The lowest BCUT2D eigenvalue weighted by molar-refractivity contribution is -0.136. The van der Waals surface area contributed by atoms with Gasteiger partial charge in [-0.3, -0.25) is 38.9 Å². The zero-order valence-electron chi connectivity index (χ0n) is 35.4. The number of amides is 5. The van der Waals surface area contributed by atoms with E-state index < -0.39 is 61.9 Å². The van der Waals surface area contributed by atoms with E-state index in [1.165, 1.54) is 13.8 Å². The second kappa shape index (κ2) is 14.8. The van der Waals surface area contributed by atoms with Crippen molar-refractivity contribution in [3.8, 4) is 0 Å². The van der Waals surface area contributed by atoms with Crippen molar-refractivity contribution >= 4 is 62.0 Å². The van der Waals surface area contributed by atoms with Crippen molar-refractivity contribution in [2.24, 2.45) is 11.3 Å². The van der Waals surface area contributed by atoms with Crippen molar-refractivity contribution in [2.45, 2.75) is 107 Å². The Hall–Kier alpha value is -5.40. The first-order valence-electron chi connectivity index (χ1n) is 21.7. The summed E-state index contributed by atoms with van der Waals surface area (Å²) in [4.78, 5) is 65.6. The maximum absolute atomic E-state index is 13.6. The summed E-state index contributed by atoms with van der Waals surface area (Å²) in [6.07, 6.45) is 9.87. The molecule has 19 heteroatoms. The standard InChI is InChI=1S/C45H50F5N7O6S/c1-44(2,63)33-21-35-28(20-36(33)52-40(59)27-5-3-6-31(19-27)64(46,47,48,49)50)25-56(54-35)30-11-9-26(10-12-30)24-55-17-15-45(16-18-55)22-29(23-45)51-34-8-4-7-32-39(34)43(62)57(42(32)61)37-13-14-38(58)53-41(37)60/h3-8,19-21,25-26,29-30,37,51,63H,9-18,22-24H2,1-2H3,(H,52,59)(H,53,58,60)/t26-,30-,37?. The van der Waals surface area contributed by atoms with Gasteiger partial charge < -0.3 is 20.6 Å². The quantitative estimate of drug-likeness (QED) is 0.0900. The topological polar surface area (TPSA) is 166 Å². The smallest absolute Gasteiger partial charge is 0.310 e. The minimum absolute atomic E-state index is 0.0609. The number of benzene rings is 3. The number of imide groups is 2. The Kier molecular flexibility index (Phi) is 10.1. The Morgan fingerprint density at radius 1 is 0.906 bits per heavy atom. The number of fused-ring (bicyclic) bond motifs is 2. The summed E-state index contributed by atoms with van der Waals surface area (Å²) in [6, 6.07) is 9.73. The predicted molar refractivity (Wildman–Crippen MR) is 230 cm³/mol. The molecule has 2 saturated carbocycles. The van der Waals surface area contributed by atoms with E-state index in [2.05, 4.69) is 20.9 Å². The predicted octanol–water partition coefficient (Wildman–Crippen LogP) is 8.66. The molecule has 2 saturated heterocycles. The van der Waals surface area contributed by atoms with E-state index in [1.54, 1.807) is 30.3 Å². The van der Waals surface area contributed by atoms with Crippen LogP contribution < -0.4 is 16.0 Å². The zero-order chi connectivity index (χ0) is 45.6. The van der Waals surface area contributed by atoms with Gasteiger partial charge in [0.15, 0.2) is 0 Å². The molecule has 0 radical (unpaired) electrons. The summed E-state index contributed by atoms with van der Waals surface area (Å²) in [6.45, 7) is 5.98. The van der Waals surface area contributed by atoms with E-state index in [4.69, 9.17) is 5.10 Å². The third-order valence-corrected chi connectivity index (χ3v) is 15.1. The van der Waals surface area contributed by atoms with Crippen LogP contribution in [0.5, 0.6) is 0 Å². The van der Waals surface area contributed by atoms with Crippen LogP contribution in [-0.2, 0) is 15.2 Å². The molecule has 4 aromatic rings. The summed E-state index contributed by atoms with van der Waals surface area (Å²) in [7, 11) is -10.0. The molecular weight excluding hydrogens is 862 g/mol. The van der Waals surface area contributed by atoms with E-state index >= 15 is 0 Å². The second-order valence-corrected chi connectivity index (χ2v) is 21.4. The first kappa shape index (κ1) is 43.8. The Labute approximate surface area is 365 Å². The number of aromatic nitrogens is 2. The van der Waals surface area contributed by atoms with Crippen LogP contribution in [0.4, 0.5) is 30.8 Å². The Morgan fingerprint density at radius 3 is 2.28 bits per heavy atom. The van der Waals surface area contributed by atoms with Gasteiger partial charge in [-0.25, -0.2) is 0 Å². The molecule has 342 valence electrons. The van der Waals surface area contributed by atoms with Gasteiger partial charge >= 0.3 is 10.2 Å². The van der Waals surface area contributed by atoms with Gasteiger partial charge in [0.05, 0.1) is 28.3 Å². The van der Waals surface area contributed by atoms with E-state index in [-0.39, 0.29) is 64.9 Å². The summed E-state index contributed by atoms with van der Waals surface area (Å²) in [5, 5.41) is 24.7. The molecule has 5 amide bonds. The Bertz CT molecular complexity index is 2610. The molecule has 64 heavy (non-hydrogen) atoms. The van der Waals surface area contributed by atoms with Crippen LogP contribution in [-0.4, -0.2) is 85.9 Å². The average Bonchev–Trinajstić information content (AvgIpc) is 3.74. The Morgan fingerprint density at radius 2 is 1.61 bits per heavy atom. The lowest BCUT2D eigenvalue weighted by atomic mass is 9.60. The number of hydrogen-bond acceptors (Lipinski definition) is 9. The summed E-state index contributed by atoms with van der Waals surface area (Å²) in [5.41, 5.74) is 0.184. The zero-order valence-corrected chi connectivity index (χ0v) is 36.2. The molecule has 1 spiro atoms. The minimum Gasteiger partial charge on any atom is -0.386 e. The molecular formula is C45H50F5N7O6S. The van der Waals surface area contributed by atoms with Crippen molar-refractivity contribution in [3.05, 3.63) is 83.0 Å². The van der Waals surface area contributed by atoms with E-state index in [0.29, 0.717) is 22.5 Å². The molecule has 3 aliphatic heterocycles. The molecule has 1 atom stereocenters. The van der Waals surface area contributed by atoms with Crippen molar-refractivity contribution in [2.75, 3.05) is 30.3 Å². The molecule has 13 nitrogen and oxygen atoms in total. The van der Waals surface area contributed by atoms with Gasteiger partial charge in [0.25, 0.3) is 17.7 Å². The summed E-state index contributed by atoms with van der Waals surface area (Å²) >= 11 is 0. The van der Waals surface area contributed by atoms with Crippen molar-refractivity contribution in [3.63, 3.8) is 0 Å². The molecule has 4 fully saturated rings. The van der Waals surface area contributed by atoms with Gasteiger partial charge in [-0.05, 0) is 139 Å². The van der Waals surface area contributed by atoms with Gasteiger partial charge in [-0.2, -0.15) is 5.10 Å². The van der Waals surface area contributed by atoms with Crippen molar-refractivity contribution in [1.29, 1.82) is 0 Å². The van der Waals surface area contributed by atoms with Crippen molar-refractivity contribution in [1.82, 2.24) is 24.9 Å². The molecule has 9 rings (SSSR count). The van der Waals surface area contributed by atoms with Crippen LogP contribution in [0.2, 0.25) is 0 Å². The van der Waals surface area contributed by atoms with Crippen LogP contribution in [0.15, 0.2) is 65.7 Å². The fourth-order valence-electron chi connectivity index (χ4n) is 10.5. The van der Waals surface area contributed by atoms with Crippen LogP contribution >= 0.6 is 10.2 Å². The third kappa shape index (κ3) is 8.49. The normalized spacial score (nSPS) is 24.2. The number of nitrogens with one attached hydrogen (secondary N) is 3. The number of nitrogens with zero attached hydrogens (tertiary/aromatic N) is 4. The second-order valence-electron chi connectivity index (χ2n) is 19.0. The van der Waals surface area contributed by atoms with Gasteiger partial charge in [0, 0.05) is 53.1 Å². The lowest BCUT2D eigenvalue weighted by Gasteiger charge is -2.53. The number of carbonyl (C=O) groups is 5. The average molecular weight is 912 g/mol. The monoisotopic (exact) mass is 911 g/mol. The van der Waals surface area contributed by atoms with E-state index in [1.807, 2.05) is 10.9 Å². The van der Waals surface area contributed by atoms with E-state index in [0.717, 1.165) is 88.0 Å². The number of halogens is 5. The number of carbonyl (C=O) groups excluding carboxylic acids is 5. The van der Waals surface area contributed by atoms with E-state index in [9.17, 15) is 48.5 Å². The molecule has 1 aromatic heterocycles. The maximum atomic E-state index is 13.6. The van der Waals surface area contributed by atoms with Gasteiger partial charge in [-0.1, -0.05) is 31.6 Å². The maximum Gasteiger partial charge on any atom is 0.310 e. The highest BCUT2D eigenvalue weighted by molar-refractivity contribution is 8.45. The van der Waals surface area contributed by atoms with Crippen LogP contribution in [0, 0.1) is 11.3 Å². The first-order valence-corrected chi connectivity index (χ1v) is 23.6. The number of hydrogen-bond donors (Lipinski definition) is 4. The highest BCUT2D eigenvalue weighted by atomic mass is 32.5. The molecule has 4 N–H and O–H groups in total. The Balaban J connectivity index is 0.772. The largest absolute Gasteiger partial charge is 0.386 e. The van der Waals surface area contributed by atoms with Crippen molar-refractivity contribution < 1.29 is 48.5 Å². The number of piperidine rings is 2. The summed E-state index contributed by atoms with van der Waals surface area (Å²) < 4.78 is 69.4. The molecule has 4 heterocycles. The van der Waals surface area contributed by atoms with Gasteiger partial charge in [0.1, 0.15) is 10.9 Å². The number of likely N-dealkylation sites (tertiary alicyclic amines) is 1. The van der Waals surface area contributed by atoms with Crippen LogP contribution in [0.3, 0.4) is 0 Å². The molecule has 5 aliphatic rings. The lowest BCUT2D eigenvalue weighted by Crippen LogP contribution is -2.54. The number of aliphatic hydroxyl groups is 1. The molecule has 2 aliphatic carbocycles. The summed E-state index contributed by atoms with van der Waals surface area (Å²) in [5.74, 6) is -2.61. The fourth-order valence-corrected chi connectivity index (χ4v) is 11.2. The van der Waals surface area contributed by atoms with Crippen LogP contribution in [0.1, 0.15) is 121 Å².